The van der Waals surface area contributed by atoms with Crippen LogP contribution in [0.2, 0.25) is 0 Å². The van der Waals surface area contributed by atoms with Crippen molar-refractivity contribution in [2.24, 2.45) is 0 Å². The van der Waals surface area contributed by atoms with Crippen LogP contribution in [0.3, 0.4) is 0 Å². The third kappa shape index (κ3) is 2.40. The standard InChI is InChI=1S/C17H12BrFO2/c1-10-17(12-4-2-3-5-15(12)19)14(9-20)13-8-11(18)6-7-16(13)21-10/h2-9,14H,1H3. The number of allylic oxidation sites excluding steroid dienone is 2. The van der Waals surface area contributed by atoms with Gasteiger partial charge in [-0.25, -0.2) is 4.39 Å². The van der Waals surface area contributed by atoms with Crippen molar-refractivity contribution in [2.75, 3.05) is 0 Å². The maximum absolute atomic E-state index is 14.1. The Bertz CT molecular complexity index is 752. The van der Waals surface area contributed by atoms with E-state index in [1.54, 1.807) is 31.2 Å². The molecule has 0 aromatic heterocycles. The van der Waals surface area contributed by atoms with Crippen molar-refractivity contribution >= 4 is 27.8 Å². The van der Waals surface area contributed by atoms with E-state index in [0.717, 1.165) is 16.3 Å². The second-order valence-corrected chi connectivity index (χ2v) is 5.76. The summed E-state index contributed by atoms with van der Waals surface area (Å²) in [6.07, 6.45) is 0.832. The van der Waals surface area contributed by atoms with Gasteiger partial charge in [0.2, 0.25) is 0 Å². The lowest BCUT2D eigenvalue weighted by molar-refractivity contribution is -0.108. The van der Waals surface area contributed by atoms with Crippen LogP contribution in [0.5, 0.6) is 5.75 Å². The van der Waals surface area contributed by atoms with Gasteiger partial charge in [0.1, 0.15) is 23.6 Å². The quantitative estimate of drug-likeness (QED) is 0.737. The fourth-order valence-electron chi connectivity index (χ4n) is 2.63. The number of ether oxygens (including phenoxy) is 1. The highest BCUT2D eigenvalue weighted by molar-refractivity contribution is 9.10. The fraction of sp³-hybridized carbons (Fsp3) is 0.118. The molecule has 0 spiro atoms. The maximum atomic E-state index is 14.1. The van der Waals surface area contributed by atoms with Crippen LogP contribution in [0.1, 0.15) is 24.0 Å². The molecule has 0 aliphatic carbocycles. The van der Waals surface area contributed by atoms with Crippen LogP contribution in [0.4, 0.5) is 4.39 Å². The molecule has 0 N–H and O–H groups in total. The van der Waals surface area contributed by atoms with Crippen molar-refractivity contribution in [3.63, 3.8) is 0 Å². The lowest BCUT2D eigenvalue weighted by Crippen LogP contribution is -2.15. The predicted octanol–water partition coefficient (Wildman–Crippen LogP) is 4.69. The highest BCUT2D eigenvalue weighted by Crippen LogP contribution is 2.44. The summed E-state index contributed by atoms with van der Waals surface area (Å²) in [7, 11) is 0. The molecule has 0 saturated carbocycles. The first kappa shape index (κ1) is 14.0. The summed E-state index contributed by atoms with van der Waals surface area (Å²) >= 11 is 3.39. The molecule has 0 bridgehead atoms. The molecule has 0 fully saturated rings. The van der Waals surface area contributed by atoms with Crippen molar-refractivity contribution in [2.45, 2.75) is 12.8 Å². The summed E-state index contributed by atoms with van der Waals surface area (Å²) in [6, 6.07) is 11.9. The smallest absolute Gasteiger partial charge is 0.132 e. The van der Waals surface area contributed by atoms with E-state index in [4.69, 9.17) is 4.74 Å². The summed E-state index contributed by atoms with van der Waals surface area (Å²) in [5.74, 6) is 0.281. The van der Waals surface area contributed by atoms with Crippen LogP contribution in [-0.2, 0) is 4.79 Å². The Balaban J connectivity index is 2.21. The third-order valence-corrected chi connectivity index (χ3v) is 4.05. The SMILES string of the molecule is CC1=C(c2ccccc2F)C(C=O)c2cc(Br)ccc2O1. The molecule has 0 radical (unpaired) electrons. The monoisotopic (exact) mass is 346 g/mol. The van der Waals surface area contributed by atoms with Gasteiger partial charge >= 0.3 is 0 Å². The topological polar surface area (TPSA) is 26.3 Å². The van der Waals surface area contributed by atoms with Gasteiger partial charge in [-0.05, 0) is 31.2 Å². The molecule has 0 amide bonds. The van der Waals surface area contributed by atoms with Gasteiger partial charge in [0.25, 0.3) is 0 Å². The molecule has 3 rings (SSSR count). The third-order valence-electron chi connectivity index (χ3n) is 3.56. The minimum Gasteiger partial charge on any atom is -0.461 e. The largest absolute Gasteiger partial charge is 0.461 e. The lowest BCUT2D eigenvalue weighted by Gasteiger charge is -2.27. The highest BCUT2D eigenvalue weighted by atomic mass is 79.9. The zero-order valence-electron chi connectivity index (χ0n) is 11.3. The first-order chi connectivity index (χ1) is 10.1. The van der Waals surface area contributed by atoms with Crippen LogP contribution >= 0.6 is 15.9 Å². The van der Waals surface area contributed by atoms with Gasteiger partial charge in [-0.1, -0.05) is 34.1 Å². The number of hydrogen-bond acceptors (Lipinski definition) is 2. The number of hydrogen-bond donors (Lipinski definition) is 0. The Morgan fingerprint density at radius 2 is 2.00 bits per heavy atom. The normalized spacial score (nSPS) is 17.2. The number of aldehydes is 1. The molecule has 1 heterocycles. The summed E-state index contributed by atoms with van der Waals surface area (Å²) in [6.45, 7) is 1.75. The van der Waals surface area contributed by atoms with E-state index in [1.807, 2.05) is 12.1 Å². The van der Waals surface area contributed by atoms with Crippen molar-refractivity contribution in [3.05, 3.63) is 69.6 Å². The number of benzene rings is 2. The first-order valence-corrected chi connectivity index (χ1v) is 7.29. The Morgan fingerprint density at radius 3 is 2.71 bits per heavy atom. The Kier molecular flexibility index (Phi) is 3.64. The van der Waals surface area contributed by atoms with Crippen molar-refractivity contribution in [1.29, 1.82) is 0 Å². The van der Waals surface area contributed by atoms with Crippen molar-refractivity contribution in [3.8, 4) is 5.75 Å². The van der Waals surface area contributed by atoms with E-state index < -0.39 is 5.92 Å². The van der Waals surface area contributed by atoms with Crippen LogP contribution in [0.25, 0.3) is 5.57 Å². The molecule has 2 nitrogen and oxygen atoms in total. The molecule has 2 aromatic carbocycles. The van der Waals surface area contributed by atoms with E-state index in [-0.39, 0.29) is 5.82 Å². The molecule has 106 valence electrons. The number of halogens is 2. The second kappa shape index (κ2) is 5.45. The molecule has 2 aromatic rings. The van der Waals surface area contributed by atoms with E-state index in [0.29, 0.717) is 22.6 Å². The van der Waals surface area contributed by atoms with Crippen molar-refractivity contribution < 1.29 is 13.9 Å². The van der Waals surface area contributed by atoms with Gasteiger partial charge in [-0.15, -0.1) is 0 Å². The van der Waals surface area contributed by atoms with Gasteiger partial charge in [0.05, 0.1) is 5.92 Å². The average Bonchev–Trinajstić information content (AvgIpc) is 2.47. The Morgan fingerprint density at radius 1 is 1.24 bits per heavy atom. The Labute approximate surface area is 130 Å². The summed E-state index contributed by atoms with van der Waals surface area (Å²) in [5.41, 5.74) is 1.72. The molecule has 0 saturated heterocycles. The summed E-state index contributed by atoms with van der Waals surface area (Å²) in [5, 5.41) is 0. The minimum absolute atomic E-state index is 0.360. The van der Waals surface area contributed by atoms with Crippen LogP contribution in [0.15, 0.2) is 52.7 Å². The van der Waals surface area contributed by atoms with Gasteiger partial charge in [0.15, 0.2) is 0 Å². The molecule has 4 heteroatoms. The number of carbonyl (C=O) groups is 1. The van der Waals surface area contributed by atoms with Gasteiger partial charge in [-0.2, -0.15) is 0 Å². The van der Waals surface area contributed by atoms with Gasteiger partial charge in [0, 0.05) is 21.2 Å². The average molecular weight is 347 g/mol. The molecule has 1 atom stereocenters. The molecular formula is C17H12BrFO2. The van der Waals surface area contributed by atoms with Crippen LogP contribution in [-0.4, -0.2) is 6.29 Å². The zero-order chi connectivity index (χ0) is 15.0. The van der Waals surface area contributed by atoms with Crippen LogP contribution < -0.4 is 4.74 Å². The first-order valence-electron chi connectivity index (χ1n) is 6.50. The van der Waals surface area contributed by atoms with E-state index in [9.17, 15) is 9.18 Å². The molecule has 1 aliphatic rings. The maximum Gasteiger partial charge on any atom is 0.132 e. The van der Waals surface area contributed by atoms with E-state index in [2.05, 4.69) is 15.9 Å². The summed E-state index contributed by atoms with van der Waals surface area (Å²) in [4.78, 5) is 11.6. The van der Waals surface area contributed by atoms with Crippen molar-refractivity contribution in [1.82, 2.24) is 0 Å². The molecular weight excluding hydrogens is 335 g/mol. The zero-order valence-corrected chi connectivity index (χ0v) is 12.9. The number of fused-ring (bicyclic) bond motifs is 1. The minimum atomic E-state index is -0.539. The molecule has 1 unspecified atom stereocenters. The molecule has 1 aliphatic heterocycles. The Hall–Kier alpha value is -1.94. The van der Waals surface area contributed by atoms with Gasteiger partial charge in [-0.3, -0.25) is 0 Å². The van der Waals surface area contributed by atoms with E-state index >= 15 is 0 Å². The number of rotatable bonds is 2. The number of carbonyl (C=O) groups excluding carboxylic acids is 1. The lowest BCUT2D eigenvalue weighted by atomic mass is 9.84. The molecule has 21 heavy (non-hydrogen) atoms. The fourth-order valence-corrected chi connectivity index (χ4v) is 3.01. The predicted molar refractivity (Wildman–Crippen MR) is 82.6 cm³/mol. The van der Waals surface area contributed by atoms with E-state index in [1.165, 1.54) is 6.07 Å². The second-order valence-electron chi connectivity index (χ2n) is 4.85. The van der Waals surface area contributed by atoms with Crippen LogP contribution in [0, 0.1) is 5.82 Å². The summed E-state index contributed by atoms with van der Waals surface area (Å²) < 4.78 is 20.7. The highest BCUT2D eigenvalue weighted by Gasteiger charge is 2.30. The van der Waals surface area contributed by atoms with Gasteiger partial charge < -0.3 is 9.53 Å².